The molecule has 0 radical (unpaired) electrons. The van der Waals surface area contributed by atoms with Crippen molar-refractivity contribution in [1.82, 2.24) is 9.80 Å². The number of carbonyl (C=O) groups is 2. The highest BCUT2D eigenvalue weighted by Gasteiger charge is 2.25. The van der Waals surface area contributed by atoms with Crippen molar-refractivity contribution in [2.24, 2.45) is 0 Å². The van der Waals surface area contributed by atoms with Crippen LogP contribution in [0.5, 0.6) is 5.75 Å². The van der Waals surface area contributed by atoms with Gasteiger partial charge in [-0.1, -0.05) is 24.6 Å². The van der Waals surface area contributed by atoms with E-state index in [1.807, 2.05) is 6.07 Å². The summed E-state index contributed by atoms with van der Waals surface area (Å²) in [4.78, 5) is 23.5. The summed E-state index contributed by atoms with van der Waals surface area (Å²) in [6.45, 7) is 6.13. The van der Waals surface area contributed by atoms with Crippen LogP contribution in [-0.2, 0) is 16.1 Å². The number of likely N-dealkylation sites (tertiary alicyclic amines) is 2. The highest BCUT2D eigenvalue weighted by atomic mass is 16.5. The third-order valence-electron chi connectivity index (χ3n) is 5.23. The van der Waals surface area contributed by atoms with Gasteiger partial charge in [0, 0.05) is 18.2 Å². The Morgan fingerprint density at radius 3 is 2.15 bits per heavy atom. The lowest BCUT2D eigenvalue weighted by Gasteiger charge is -2.40. The fourth-order valence-electron chi connectivity index (χ4n) is 3.80. The molecule has 2 saturated heterocycles. The number of carboxylic acids is 2. The molecule has 7 heteroatoms. The average molecular weight is 378 g/mol. The number of aliphatic carboxylic acids is 2. The van der Waals surface area contributed by atoms with Crippen molar-refractivity contribution in [3.8, 4) is 5.75 Å². The summed E-state index contributed by atoms with van der Waals surface area (Å²) in [6, 6.07) is 9.24. The first-order valence-corrected chi connectivity index (χ1v) is 9.55. The lowest BCUT2D eigenvalue weighted by atomic mass is 9.99. The Kier molecular flexibility index (Phi) is 8.54. The monoisotopic (exact) mass is 378 g/mol. The van der Waals surface area contributed by atoms with Crippen molar-refractivity contribution >= 4 is 11.9 Å². The molecule has 2 N–H and O–H groups in total. The third-order valence-corrected chi connectivity index (χ3v) is 5.23. The molecule has 0 spiro atoms. The number of rotatable bonds is 4. The van der Waals surface area contributed by atoms with Gasteiger partial charge >= 0.3 is 11.9 Å². The number of nitrogens with zero attached hydrogens (tertiary/aromatic N) is 2. The molecule has 0 atom stereocenters. The molecule has 3 rings (SSSR count). The maximum atomic E-state index is 9.10. The van der Waals surface area contributed by atoms with E-state index in [0.29, 0.717) is 0 Å². The van der Waals surface area contributed by atoms with Gasteiger partial charge in [-0.3, -0.25) is 4.90 Å². The molecule has 1 aromatic carbocycles. The van der Waals surface area contributed by atoms with Gasteiger partial charge in [0.15, 0.2) is 0 Å². The molecule has 150 valence electrons. The van der Waals surface area contributed by atoms with Gasteiger partial charge < -0.3 is 19.8 Å². The number of carboxylic acid groups (broad SMARTS) is 2. The lowest BCUT2D eigenvalue weighted by Crippen LogP contribution is -2.46. The van der Waals surface area contributed by atoms with Gasteiger partial charge in [0.1, 0.15) is 5.75 Å². The zero-order chi connectivity index (χ0) is 19.6. The summed E-state index contributed by atoms with van der Waals surface area (Å²) < 4.78 is 5.47. The molecule has 0 unspecified atom stereocenters. The Bertz CT molecular complexity index is 596. The van der Waals surface area contributed by atoms with E-state index in [2.05, 4.69) is 28.0 Å². The van der Waals surface area contributed by atoms with E-state index in [1.54, 1.807) is 7.11 Å². The Morgan fingerprint density at radius 2 is 1.59 bits per heavy atom. The molecule has 2 aliphatic heterocycles. The number of hydrogen-bond donors (Lipinski definition) is 2. The predicted octanol–water partition coefficient (Wildman–Crippen LogP) is 2.30. The van der Waals surface area contributed by atoms with E-state index < -0.39 is 11.9 Å². The molecule has 7 nitrogen and oxygen atoms in total. The molecule has 1 aromatic rings. The van der Waals surface area contributed by atoms with Crippen molar-refractivity contribution in [1.29, 1.82) is 0 Å². The zero-order valence-electron chi connectivity index (χ0n) is 16.0. The molecular weight excluding hydrogens is 348 g/mol. The standard InChI is InChI=1S/C18H28N2O.C2H2O4/c1-21-18-8-4-3-7-16(18)15-19-13-9-17(10-14-19)20-11-5-2-6-12-20;3-1(4)2(5)6/h3-4,7-8,17H,2,5-6,9-15H2,1H3;(H,3,4)(H,5,6). The summed E-state index contributed by atoms with van der Waals surface area (Å²) in [5.41, 5.74) is 1.32. The van der Waals surface area contributed by atoms with E-state index in [1.165, 1.54) is 63.8 Å². The first-order valence-electron chi connectivity index (χ1n) is 9.55. The van der Waals surface area contributed by atoms with Gasteiger partial charge in [0.05, 0.1) is 7.11 Å². The second kappa shape index (κ2) is 10.9. The summed E-state index contributed by atoms with van der Waals surface area (Å²) in [5.74, 6) is -2.62. The number of benzene rings is 1. The zero-order valence-corrected chi connectivity index (χ0v) is 16.0. The fourth-order valence-corrected chi connectivity index (χ4v) is 3.80. The van der Waals surface area contributed by atoms with Gasteiger partial charge in [-0.2, -0.15) is 0 Å². The van der Waals surface area contributed by atoms with E-state index in [0.717, 1.165) is 18.3 Å². The Hall–Kier alpha value is -2.12. The molecule has 0 bridgehead atoms. The Morgan fingerprint density at radius 1 is 1.00 bits per heavy atom. The van der Waals surface area contributed by atoms with Crippen LogP contribution in [0.25, 0.3) is 0 Å². The molecule has 27 heavy (non-hydrogen) atoms. The third kappa shape index (κ3) is 6.84. The predicted molar refractivity (Wildman–Crippen MR) is 102 cm³/mol. The van der Waals surface area contributed by atoms with Crippen LogP contribution < -0.4 is 4.74 Å². The highest BCUT2D eigenvalue weighted by molar-refractivity contribution is 6.27. The summed E-state index contributed by atoms with van der Waals surface area (Å²) in [5, 5.41) is 14.8. The minimum absolute atomic E-state index is 0.833. The van der Waals surface area contributed by atoms with E-state index in [-0.39, 0.29) is 0 Å². The lowest BCUT2D eigenvalue weighted by molar-refractivity contribution is -0.159. The van der Waals surface area contributed by atoms with Crippen LogP contribution in [0.15, 0.2) is 24.3 Å². The molecule has 0 saturated carbocycles. The van der Waals surface area contributed by atoms with Crippen LogP contribution in [0.3, 0.4) is 0 Å². The minimum Gasteiger partial charge on any atom is -0.496 e. The number of methoxy groups -OCH3 is 1. The van der Waals surface area contributed by atoms with Crippen molar-refractivity contribution in [3.05, 3.63) is 29.8 Å². The SMILES string of the molecule is COc1ccccc1CN1CCC(N2CCCCC2)CC1.O=C(O)C(=O)O. The van der Waals surface area contributed by atoms with Crippen LogP contribution >= 0.6 is 0 Å². The van der Waals surface area contributed by atoms with Gasteiger partial charge in [-0.25, -0.2) is 9.59 Å². The van der Waals surface area contributed by atoms with Crippen molar-refractivity contribution in [2.45, 2.75) is 44.7 Å². The van der Waals surface area contributed by atoms with Crippen molar-refractivity contribution in [2.75, 3.05) is 33.3 Å². The van der Waals surface area contributed by atoms with Gasteiger partial charge in [-0.05, 0) is 57.9 Å². The van der Waals surface area contributed by atoms with Crippen LogP contribution in [0.2, 0.25) is 0 Å². The first kappa shape index (κ1) is 21.2. The van der Waals surface area contributed by atoms with Crippen LogP contribution in [0.4, 0.5) is 0 Å². The molecule has 0 aromatic heterocycles. The summed E-state index contributed by atoms with van der Waals surface area (Å²) in [7, 11) is 1.77. The molecule has 0 amide bonds. The fraction of sp³-hybridized carbons (Fsp3) is 0.600. The quantitative estimate of drug-likeness (QED) is 0.777. The average Bonchev–Trinajstić information content (AvgIpc) is 2.70. The largest absolute Gasteiger partial charge is 0.496 e. The van der Waals surface area contributed by atoms with Gasteiger partial charge in [0.25, 0.3) is 0 Å². The maximum Gasteiger partial charge on any atom is 0.414 e. The van der Waals surface area contributed by atoms with Gasteiger partial charge in [-0.15, -0.1) is 0 Å². The molecule has 2 aliphatic rings. The highest BCUT2D eigenvalue weighted by Crippen LogP contribution is 2.24. The number of hydrogen-bond acceptors (Lipinski definition) is 5. The molecule has 2 fully saturated rings. The molecule has 0 aliphatic carbocycles. The van der Waals surface area contributed by atoms with Crippen LogP contribution in [0.1, 0.15) is 37.7 Å². The van der Waals surface area contributed by atoms with E-state index in [4.69, 9.17) is 24.5 Å². The second-order valence-corrected chi connectivity index (χ2v) is 7.03. The van der Waals surface area contributed by atoms with E-state index >= 15 is 0 Å². The Balaban J connectivity index is 0.000000380. The van der Waals surface area contributed by atoms with Crippen molar-refractivity contribution in [3.63, 3.8) is 0 Å². The first-order chi connectivity index (χ1) is 13.0. The molecule has 2 heterocycles. The number of para-hydroxylation sites is 1. The topological polar surface area (TPSA) is 90.3 Å². The van der Waals surface area contributed by atoms with Crippen LogP contribution in [-0.4, -0.2) is 71.3 Å². The minimum atomic E-state index is -1.82. The van der Waals surface area contributed by atoms with Gasteiger partial charge in [0.2, 0.25) is 0 Å². The maximum absolute atomic E-state index is 9.10. The number of piperidine rings is 2. The van der Waals surface area contributed by atoms with Crippen molar-refractivity contribution < 1.29 is 24.5 Å². The number of ether oxygens (including phenoxy) is 1. The molecular formula is C20H30N2O5. The second-order valence-electron chi connectivity index (χ2n) is 7.03. The smallest absolute Gasteiger partial charge is 0.414 e. The summed E-state index contributed by atoms with van der Waals surface area (Å²) >= 11 is 0. The summed E-state index contributed by atoms with van der Waals surface area (Å²) in [6.07, 6.45) is 6.90. The van der Waals surface area contributed by atoms with E-state index in [9.17, 15) is 0 Å². The Labute approximate surface area is 160 Å². The van der Waals surface area contributed by atoms with Crippen LogP contribution in [0, 0.1) is 0 Å². The normalized spacial score (nSPS) is 19.0.